The average Bonchev–Trinajstić information content (AvgIpc) is 2.85. The van der Waals surface area contributed by atoms with Gasteiger partial charge in [0.15, 0.2) is 0 Å². The van der Waals surface area contributed by atoms with Crippen molar-refractivity contribution in [2.45, 2.75) is 33.6 Å². The van der Waals surface area contributed by atoms with Crippen LogP contribution in [0.3, 0.4) is 0 Å². The zero-order chi connectivity index (χ0) is 16.6. The van der Waals surface area contributed by atoms with Gasteiger partial charge in [0.05, 0.1) is 10.6 Å². The molecule has 0 amide bonds. The quantitative estimate of drug-likeness (QED) is 0.638. The molecule has 1 saturated heterocycles. The van der Waals surface area contributed by atoms with Crippen LogP contribution in [-0.4, -0.2) is 37.8 Å². The smallest absolute Gasteiger partial charge is 0.351 e. The Bertz CT molecular complexity index is 734. The molecule has 2 aromatic rings. The van der Waals surface area contributed by atoms with Gasteiger partial charge in [0.25, 0.3) is 0 Å². The molecule has 23 heavy (non-hydrogen) atoms. The maximum Gasteiger partial charge on any atom is 0.355 e. The van der Waals surface area contributed by atoms with Crippen molar-refractivity contribution in [1.29, 1.82) is 0 Å². The number of nitrogens with zero attached hydrogens (tertiary/aromatic N) is 6. The molecular weight excluding hydrogens is 296 g/mol. The molecule has 2 aromatic heterocycles. The van der Waals surface area contributed by atoms with Gasteiger partial charge >= 0.3 is 5.69 Å². The van der Waals surface area contributed by atoms with Crippen LogP contribution in [-0.2, 0) is 0 Å². The summed E-state index contributed by atoms with van der Waals surface area (Å²) in [5.74, 6) is 1.26. The van der Waals surface area contributed by atoms with Crippen LogP contribution in [0.2, 0.25) is 0 Å². The lowest BCUT2D eigenvalue weighted by molar-refractivity contribution is -0.384. The van der Waals surface area contributed by atoms with E-state index in [1.807, 2.05) is 24.8 Å². The average molecular weight is 316 g/mol. The first-order valence-corrected chi connectivity index (χ1v) is 7.75. The largest absolute Gasteiger partial charge is 0.355 e. The summed E-state index contributed by atoms with van der Waals surface area (Å²) in [7, 11) is 0. The number of aryl methyl sites for hydroxylation is 2. The second-order valence-electron chi connectivity index (χ2n) is 6.14. The highest BCUT2D eigenvalue weighted by Crippen LogP contribution is 2.33. The van der Waals surface area contributed by atoms with Gasteiger partial charge in [0.1, 0.15) is 6.33 Å². The highest BCUT2D eigenvalue weighted by molar-refractivity contribution is 5.65. The van der Waals surface area contributed by atoms with Gasteiger partial charge in [-0.1, -0.05) is 6.92 Å². The van der Waals surface area contributed by atoms with E-state index in [1.54, 1.807) is 0 Å². The summed E-state index contributed by atoms with van der Waals surface area (Å²) in [5.41, 5.74) is 1.53. The summed E-state index contributed by atoms with van der Waals surface area (Å²) in [6, 6.07) is 1.87. The highest BCUT2D eigenvalue weighted by atomic mass is 16.6. The van der Waals surface area contributed by atoms with Crippen molar-refractivity contribution in [1.82, 2.24) is 19.7 Å². The lowest BCUT2D eigenvalue weighted by Crippen LogP contribution is -2.34. The first-order chi connectivity index (χ1) is 11.0. The maximum atomic E-state index is 11.7. The minimum Gasteiger partial charge on any atom is -0.351 e. The Labute approximate surface area is 134 Å². The highest BCUT2D eigenvalue weighted by Gasteiger charge is 2.30. The van der Waals surface area contributed by atoms with Crippen molar-refractivity contribution in [3.63, 3.8) is 0 Å². The Hall–Kier alpha value is -2.51. The van der Waals surface area contributed by atoms with Gasteiger partial charge in [-0.05, 0) is 38.7 Å². The van der Waals surface area contributed by atoms with E-state index in [2.05, 4.69) is 22.0 Å². The number of hydrogen-bond acceptors (Lipinski definition) is 6. The molecule has 0 unspecified atom stereocenters. The molecule has 8 heteroatoms. The Morgan fingerprint density at radius 3 is 2.43 bits per heavy atom. The number of nitro groups is 1. The normalized spacial score (nSPS) is 15.9. The molecule has 0 bridgehead atoms. The topological polar surface area (TPSA) is 90.0 Å². The first kappa shape index (κ1) is 15.4. The zero-order valence-electron chi connectivity index (χ0n) is 13.6. The van der Waals surface area contributed by atoms with Gasteiger partial charge in [0.2, 0.25) is 11.6 Å². The van der Waals surface area contributed by atoms with E-state index in [4.69, 9.17) is 0 Å². The second kappa shape index (κ2) is 5.94. The molecule has 122 valence electrons. The molecule has 3 heterocycles. The Morgan fingerprint density at radius 1 is 1.22 bits per heavy atom. The Morgan fingerprint density at radius 2 is 1.87 bits per heavy atom. The predicted molar refractivity (Wildman–Crippen MR) is 85.9 cm³/mol. The summed E-state index contributed by atoms with van der Waals surface area (Å²) in [5, 5.41) is 16.0. The van der Waals surface area contributed by atoms with Gasteiger partial charge in [-0.15, -0.1) is 0 Å². The maximum absolute atomic E-state index is 11.7. The lowest BCUT2D eigenvalue weighted by atomic mass is 9.99. The molecule has 8 nitrogen and oxygen atoms in total. The van der Waals surface area contributed by atoms with Crippen molar-refractivity contribution in [2.75, 3.05) is 18.0 Å². The zero-order valence-corrected chi connectivity index (χ0v) is 13.6. The molecule has 0 aromatic carbocycles. The van der Waals surface area contributed by atoms with Crippen molar-refractivity contribution >= 4 is 11.5 Å². The van der Waals surface area contributed by atoms with Gasteiger partial charge < -0.3 is 4.90 Å². The third-order valence-corrected chi connectivity index (χ3v) is 4.26. The van der Waals surface area contributed by atoms with Crippen LogP contribution in [0.25, 0.3) is 5.82 Å². The van der Waals surface area contributed by atoms with Crippen LogP contribution in [0.4, 0.5) is 11.5 Å². The predicted octanol–water partition coefficient (Wildman–Crippen LogP) is 2.42. The van der Waals surface area contributed by atoms with E-state index < -0.39 is 4.92 Å². The minimum absolute atomic E-state index is 0.0757. The fraction of sp³-hybridized carbons (Fsp3) is 0.533. The van der Waals surface area contributed by atoms with Crippen molar-refractivity contribution < 1.29 is 4.92 Å². The van der Waals surface area contributed by atoms with Gasteiger partial charge in [-0.3, -0.25) is 10.1 Å². The Balaban J connectivity index is 2.09. The number of hydrogen-bond donors (Lipinski definition) is 0. The summed E-state index contributed by atoms with van der Waals surface area (Å²) < 4.78 is 1.52. The SMILES string of the molecule is Cc1cc(C)n(-c2ncnc(N3CCC(C)CC3)c2[N+](=O)[O-])n1. The van der Waals surface area contributed by atoms with E-state index >= 15 is 0 Å². The van der Waals surface area contributed by atoms with Crippen molar-refractivity contribution in [3.05, 3.63) is 33.9 Å². The molecule has 0 spiro atoms. The fourth-order valence-electron chi connectivity index (χ4n) is 2.97. The monoisotopic (exact) mass is 316 g/mol. The lowest BCUT2D eigenvalue weighted by Gasteiger charge is -2.30. The second-order valence-corrected chi connectivity index (χ2v) is 6.14. The van der Waals surface area contributed by atoms with Crippen molar-refractivity contribution in [3.8, 4) is 5.82 Å². The molecule has 1 fully saturated rings. The number of piperidine rings is 1. The molecule has 0 aliphatic carbocycles. The summed E-state index contributed by atoms with van der Waals surface area (Å²) in [4.78, 5) is 21.6. The van der Waals surface area contributed by atoms with E-state index in [0.717, 1.165) is 37.3 Å². The van der Waals surface area contributed by atoms with Gasteiger partial charge in [0, 0.05) is 18.8 Å². The van der Waals surface area contributed by atoms with Crippen LogP contribution in [0.5, 0.6) is 0 Å². The summed E-state index contributed by atoms with van der Waals surface area (Å²) >= 11 is 0. The van der Waals surface area contributed by atoms with Crippen LogP contribution in [0.1, 0.15) is 31.2 Å². The van der Waals surface area contributed by atoms with Gasteiger partial charge in [-0.2, -0.15) is 5.10 Å². The first-order valence-electron chi connectivity index (χ1n) is 7.75. The molecule has 0 atom stereocenters. The number of rotatable bonds is 3. The molecule has 0 N–H and O–H groups in total. The molecule has 1 aliphatic heterocycles. The molecule has 1 aliphatic rings. The molecular formula is C15H20N6O2. The van der Waals surface area contributed by atoms with E-state index in [9.17, 15) is 10.1 Å². The number of aromatic nitrogens is 4. The van der Waals surface area contributed by atoms with Crippen LogP contribution < -0.4 is 4.90 Å². The van der Waals surface area contributed by atoms with E-state index in [0.29, 0.717) is 11.7 Å². The van der Waals surface area contributed by atoms with Crippen LogP contribution >= 0.6 is 0 Å². The molecule has 0 saturated carbocycles. The number of anilines is 1. The van der Waals surface area contributed by atoms with E-state index in [-0.39, 0.29) is 11.5 Å². The minimum atomic E-state index is -0.404. The van der Waals surface area contributed by atoms with Crippen LogP contribution in [0.15, 0.2) is 12.4 Å². The van der Waals surface area contributed by atoms with Crippen LogP contribution in [0, 0.1) is 29.9 Å². The third kappa shape index (κ3) is 2.88. The van der Waals surface area contributed by atoms with Gasteiger partial charge in [-0.25, -0.2) is 14.6 Å². The van der Waals surface area contributed by atoms with E-state index in [1.165, 1.54) is 11.0 Å². The molecule has 3 rings (SSSR count). The Kier molecular flexibility index (Phi) is 3.97. The summed E-state index contributed by atoms with van der Waals surface area (Å²) in [6.45, 7) is 7.45. The third-order valence-electron chi connectivity index (χ3n) is 4.26. The fourth-order valence-corrected chi connectivity index (χ4v) is 2.97. The summed E-state index contributed by atoms with van der Waals surface area (Å²) in [6.07, 6.45) is 3.40. The molecule has 0 radical (unpaired) electrons. The standard InChI is InChI=1S/C15H20N6O2/c1-10-4-6-19(7-5-10)14-13(21(22)23)15(17-9-16-14)20-12(3)8-11(2)18-20/h8-10H,4-7H2,1-3H3. The van der Waals surface area contributed by atoms with Crippen molar-refractivity contribution in [2.24, 2.45) is 5.92 Å².